The fourth-order valence-corrected chi connectivity index (χ4v) is 5.28. The van der Waals surface area contributed by atoms with E-state index in [-0.39, 0.29) is 16.2 Å². The van der Waals surface area contributed by atoms with Gasteiger partial charge >= 0.3 is 0 Å². The summed E-state index contributed by atoms with van der Waals surface area (Å²) in [6.07, 6.45) is 4.07. The summed E-state index contributed by atoms with van der Waals surface area (Å²) in [5.74, 6) is 0.164. The molecule has 180 valence electrons. The van der Waals surface area contributed by atoms with Crippen molar-refractivity contribution in [1.29, 1.82) is 0 Å². The van der Waals surface area contributed by atoms with Crippen molar-refractivity contribution in [3.05, 3.63) is 29.3 Å². The first-order chi connectivity index (χ1) is 15.1. The Labute approximate surface area is 198 Å². The number of sulfonamides is 1. The standard InChI is InChI=1S/C20H32ClFN6O2S2/c1-13(2)8-15(14(3)23)11-24-6-4-5-7-25-18-10-17(22)19(9-16(18)21)32(29,30)28-20-26-12-27-31-20/h9-10,12-15,24-25H,4-8,11,23H2,1-3H3,(H,26,27,28)/t14-,15+/m1/s1. The summed E-state index contributed by atoms with van der Waals surface area (Å²) < 4.78 is 45.2. The number of nitrogens with one attached hydrogen (secondary N) is 3. The van der Waals surface area contributed by atoms with Crippen LogP contribution in [0.4, 0.5) is 15.2 Å². The Morgan fingerprint density at radius 2 is 1.94 bits per heavy atom. The molecule has 0 unspecified atom stereocenters. The van der Waals surface area contributed by atoms with Gasteiger partial charge in [-0.1, -0.05) is 25.4 Å². The molecule has 0 saturated carbocycles. The summed E-state index contributed by atoms with van der Waals surface area (Å²) in [7, 11) is -4.16. The van der Waals surface area contributed by atoms with Crippen molar-refractivity contribution in [3.8, 4) is 0 Å². The molecule has 2 atom stereocenters. The molecule has 1 aromatic heterocycles. The second kappa shape index (κ2) is 12.6. The van der Waals surface area contributed by atoms with Crippen LogP contribution in [0.2, 0.25) is 5.02 Å². The minimum absolute atomic E-state index is 0.0489. The number of benzene rings is 1. The highest BCUT2D eigenvalue weighted by Crippen LogP contribution is 2.29. The maximum Gasteiger partial charge on any atom is 0.266 e. The molecule has 1 heterocycles. The van der Waals surface area contributed by atoms with Crippen LogP contribution in [-0.4, -0.2) is 43.5 Å². The van der Waals surface area contributed by atoms with Gasteiger partial charge in [-0.25, -0.2) is 17.8 Å². The summed E-state index contributed by atoms with van der Waals surface area (Å²) in [6.45, 7) is 8.78. The first-order valence-electron chi connectivity index (χ1n) is 10.6. The zero-order valence-corrected chi connectivity index (χ0v) is 21.0. The molecule has 0 aliphatic heterocycles. The van der Waals surface area contributed by atoms with Crippen LogP contribution in [0, 0.1) is 17.7 Å². The third-order valence-corrected chi connectivity index (χ3v) is 7.29. The Morgan fingerprint density at radius 1 is 1.22 bits per heavy atom. The normalized spacial score (nSPS) is 13.8. The zero-order chi connectivity index (χ0) is 23.7. The third-order valence-electron chi connectivity index (χ3n) is 4.91. The van der Waals surface area contributed by atoms with Crippen LogP contribution in [0.5, 0.6) is 0 Å². The molecule has 0 aliphatic rings. The molecule has 8 nitrogen and oxygen atoms in total. The minimum atomic E-state index is -4.16. The summed E-state index contributed by atoms with van der Waals surface area (Å²) in [5.41, 5.74) is 6.42. The van der Waals surface area contributed by atoms with Crippen LogP contribution in [0.25, 0.3) is 0 Å². The van der Waals surface area contributed by atoms with Gasteiger partial charge in [-0.3, -0.25) is 4.72 Å². The Morgan fingerprint density at radius 3 is 2.56 bits per heavy atom. The molecule has 0 radical (unpaired) electrons. The molecule has 1 aromatic carbocycles. The van der Waals surface area contributed by atoms with Gasteiger partial charge in [0.15, 0.2) is 0 Å². The van der Waals surface area contributed by atoms with E-state index < -0.39 is 20.7 Å². The largest absolute Gasteiger partial charge is 0.384 e. The van der Waals surface area contributed by atoms with Gasteiger partial charge < -0.3 is 16.4 Å². The van der Waals surface area contributed by atoms with E-state index in [4.69, 9.17) is 17.3 Å². The topological polar surface area (TPSA) is 122 Å². The van der Waals surface area contributed by atoms with Gasteiger partial charge in [-0.2, -0.15) is 4.37 Å². The minimum Gasteiger partial charge on any atom is -0.384 e. The fraction of sp³-hybridized carbons (Fsp3) is 0.600. The second-order valence-electron chi connectivity index (χ2n) is 8.20. The van der Waals surface area contributed by atoms with E-state index in [1.807, 2.05) is 6.92 Å². The van der Waals surface area contributed by atoms with Gasteiger partial charge in [0.2, 0.25) is 5.13 Å². The predicted octanol–water partition coefficient (Wildman–Crippen LogP) is 3.92. The van der Waals surface area contributed by atoms with E-state index in [2.05, 4.69) is 38.6 Å². The molecular weight excluding hydrogens is 475 g/mol. The average molecular weight is 507 g/mol. The molecule has 5 N–H and O–H groups in total. The molecule has 0 spiro atoms. The van der Waals surface area contributed by atoms with E-state index in [0.717, 1.165) is 56.0 Å². The van der Waals surface area contributed by atoms with Crippen molar-refractivity contribution in [1.82, 2.24) is 14.7 Å². The maximum absolute atomic E-state index is 14.5. The molecule has 0 fully saturated rings. The van der Waals surface area contributed by atoms with Crippen molar-refractivity contribution in [2.24, 2.45) is 17.6 Å². The maximum atomic E-state index is 14.5. The number of hydrogen-bond donors (Lipinski definition) is 4. The SMILES string of the molecule is CC(C)C[C@@H](CNCCCCNc1cc(F)c(S(=O)(=O)Nc2ncns2)cc1Cl)[C@@H](C)N. The number of nitrogens with two attached hydrogens (primary N) is 1. The highest BCUT2D eigenvalue weighted by molar-refractivity contribution is 7.93. The van der Waals surface area contributed by atoms with Crippen molar-refractivity contribution >= 4 is 44.0 Å². The lowest BCUT2D eigenvalue weighted by atomic mass is 9.91. The first kappa shape index (κ1) is 26.7. The van der Waals surface area contributed by atoms with Gasteiger partial charge in [0.1, 0.15) is 17.0 Å². The van der Waals surface area contributed by atoms with E-state index in [0.29, 0.717) is 24.1 Å². The molecule has 32 heavy (non-hydrogen) atoms. The zero-order valence-electron chi connectivity index (χ0n) is 18.6. The summed E-state index contributed by atoms with van der Waals surface area (Å²) in [4.78, 5) is 3.19. The first-order valence-corrected chi connectivity index (χ1v) is 13.2. The number of hydrogen-bond acceptors (Lipinski definition) is 8. The molecule has 2 rings (SSSR count). The van der Waals surface area contributed by atoms with Gasteiger partial charge in [-0.15, -0.1) is 0 Å². The Balaban J connectivity index is 1.80. The number of halogens is 2. The molecular formula is C20H32ClFN6O2S2. The average Bonchev–Trinajstić information content (AvgIpc) is 3.20. The lowest BCUT2D eigenvalue weighted by Gasteiger charge is -2.23. The molecule has 0 bridgehead atoms. The highest BCUT2D eigenvalue weighted by Gasteiger charge is 2.22. The number of unbranched alkanes of at least 4 members (excludes halogenated alkanes) is 1. The molecule has 0 amide bonds. The Hall–Kier alpha value is -1.53. The molecule has 0 saturated heterocycles. The Kier molecular flexibility index (Phi) is 10.6. The monoisotopic (exact) mass is 506 g/mol. The van der Waals surface area contributed by atoms with Gasteiger partial charge in [0, 0.05) is 24.1 Å². The third kappa shape index (κ3) is 8.43. The van der Waals surface area contributed by atoms with E-state index in [1.54, 1.807) is 0 Å². The number of rotatable bonds is 14. The molecule has 12 heteroatoms. The summed E-state index contributed by atoms with van der Waals surface area (Å²) in [5, 5.41) is 6.69. The summed E-state index contributed by atoms with van der Waals surface area (Å²) in [6, 6.07) is 2.34. The van der Waals surface area contributed by atoms with Crippen LogP contribution < -0.4 is 21.1 Å². The van der Waals surface area contributed by atoms with Crippen molar-refractivity contribution in [3.63, 3.8) is 0 Å². The van der Waals surface area contributed by atoms with E-state index >= 15 is 0 Å². The van der Waals surface area contributed by atoms with Crippen molar-refractivity contribution in [2.75, 3.05) is 29.7 Å². The van der Waals surface area contributed by atoms with Gasteiger partial charge in [-0.05, 0) is 63.2 Å². The van der Waals surface area contributed by atoms with Gasteiger partial charge in [0.25, 0.3) is 10.0 Å². The summed E-state index contributed by atoms with van der Waals surface area (Å²) >= 11 is 7.04. The predicted molar refractivity (Wildman–Crippen MR) is 129 cm³/mol. The van der Waals surface area contributed by atoms with Crippen LogP contribution in [-0.2, 0) is 10.0 Å². The fourth-order valence-electron chi connectivity index (χ4n) is 3.23. The van der Waals surface area contributed by atoms with Crippen LogP contribution in [0.15, 0.2) is 23.4 Å². The van der Waals surface area contributed by atoms with Crippen LogP contribution in [0.1, 0.15) is 40.0 Å². The van der Waals surface area contributed by atoms with Crippen LogP contribution in [0.3, 0.4) is 0 Å². The van der Waals surface area contributed by atoms with Crippen LogP contribution >= 0.6 is 23.1 Å². The van der Waals surface area contributed by atoms with Crippen molar-refractivity contribution in [2.45, 2.75) is 51.0 Å². The number of aromatic nitrogens is 2. The molecule has 0 aliphatic carbocycles. The second-order valence-corrected chi connectivity index (χ2v) is 11.0. The lowest BCUT2D eigenvalue weighted by Crippen LogP contribution is -2.36. The quantitative estimate of drug-likeness (QED) is 0.286. The van der Waals surface area contributed by atoms with E-state index in [9.17, 15) is 12.8 Å². The van der Waals surface area contributed by atoms with Crippen molar-refractivity contribution < 1.29 is 12.8 Å². The highest BCUT2D eigenvalue weighted by atomic mass is 35.5. The smallest absolute Gasteiger partial charge is 0.266 e. The van der Waals surface area contributed by atoms with E-state index in [1.165, 1.54) is 6.33 Å². The van der Waals surface area contributed by atoms with Gasteiger partial charge in [0.05, 0.1) is 10.7 Å². The number of nitrogens with zero attached hydrogens (tertiary/aromatic N) is 2. The number of anilines is 2. The Bertz CT molecular complexity index is 942. The lowest BCUT2D eigenvalue weighted by molar-refractivity contribution is 0.342. The molecule has 2 aromatic rings.